The lowest BCUT2D eigenvalue weighted by molar-refractivity contribution is -0.385. The van der Waals surface area contributed by atoms with Crippen molar-refractivity contribution in [2.75, 3.05) is 6.61 Å². The number of amidine groups is 1. The highest BCUT2D eigenvalue weighted by Crippen LogP contribution is 2.45. The van der Waals surface area contributed by atoms with Gasteiger partial charge in [0.05, 0.1) is 33.6 Å². The first-order chi connectivity index (χ1) is 12.4. The van der Waals surface area contributed by atoms with Gasteiger partial charge in [-0.1, -0.05) is 23.9 Å². The first-order valence-electron chi connectivity index (χ1n) is 8.06. The van der Waals surface area contributed by atoms with Gasteiger partial charge in [0.2, 0.25) is 5.91 Å². The van der Waals surface area contributed by atoms with Gasteiger partial charge in [0, 0.05) is 6.07 Å². The lowest BCUT2D eigenvalue weighted by Gasteiger charge is -2.32. The number of fused-ring (bicyclic) bond motifs is 1. The molecule has 1 saturated heterocycles. The molecule has 26 heavy (non-hydrogen) atoms. The van der Waals surface area contributed by atoms with Gasteiger partial charge in [0.25, 0.3) is 5.69 Å². The van der Waals surface area contributed by atoms with Crippen LogP contribution in [0, 0.1) is 10.1 Å². The number of amides is 1. The first-order valence-corrected chi connectivity index (χ1v) is 8.94. The Morgan fingerprint density at radius 3 is 2.77 bits per heavy atom. The third-order valence-electron chi connectivity index (χ3n) is 4.18. The monoisotopic (exact) mass is 375 g/mol. The molecular weight excluding hydrogens is 358 g/mol. The van der Waals surface area contributed by atoms with Crippen LogP contribution >= 0.6 is 11.8 Å². The van der Waals surface area contributed by atoms with E-state index in [1.54, 1.807) is 39.0 Å². The summed E-state index contributed by atoms with van der Waals surface area (Å²) >= 11 is 1.27. The van der Waals surface area contributed by atoms with Crippen LogP contribution in [-0.4, -0.2) is 38.7 Å². The summed E-state index contributed by atoms with van der Waals surface area (Å²) < 4.78 is 5.13. The molecule has 1 aromatic rings. The molecule has 0 N–H and O–H groups in total. The summed E-state index contributed by atoms with van der Waals surface area (Å²) in [6.45, 7) is 5.20. The molecule has 0 bridgehead atoms. The first kappa shape index (κ1) is 18.1. The van der Waals surface area contributed by atoms with E-state index in [1.165, 1.54) is 22.7 Å². The maximum atomic E-state index is 12.7. The minimum absolute atomic E-state index is 0.146. The van der Waals surface area contributed by atoms with Gasteiger partial charge in [-0.2, -0.15) is 0 Å². The minimum atomic E-state index is -0.937. The normalized spacial score (nSPS) is 22.2. The summed E-state index contributed by atoms with van der Waals surface area (Å²) in [6, 6.07) is 5.16. The molecule has 2 aliphatic heterocycles. The molecule has 3 rings (SSSR count). The Morgan fingerprint density at radius 1 is 1.42 bits per heavy atom. The van der Waals surface area contributed by atoms with Gasteiger partial charge in [-0.15, -0.1) is 0 Å². The number of carbonyl (C=O) groups excluding carboxylic acids is 2. The number of nitro groups is 1. The summed E-state index contributed by atoms with van der Waals surface area (Å²) in [4.78, 5) is 42.1. The van der Waals surface area contributed by atoms with Crippen molar-refractivity contribution < 1.29 is 19.2 Å². The fourth-order valence-corrected chi connectivity index (χ4v) is 4.08. The topological polar surface area (TPSA) is 102 Å². The van der Waals surface area contributed by atoms with Crippen LogP contribution in [0.2, 0.25) is 0 Å². The Morgan fingerprint density at radius 2 is 2.12 bits per heavy atom. The second-order valence-corrected chi connectivity index (χ2v) is 7.11. The Labute approximate surface area is 154 Å². The number of aliphatic imine (C=N–C) groups is 1. The van der Waals surface area contributed by atoms with Crippen molar-refractivity contribution >= 4 is 34.5 Å². The van der Waals surface area contributed by atoms with Crippen LogP contribution < -0.4 is 0 Å². The number of rotatable bonds is 4. The predicted molar refractivity (Wildman–Crippen MR) is 96.5 cm³/mol. The van der Waals surface area contributed by atoms with Crippen LogP contribution in [0.1, 0.15) is 32.4 Å². The number of carbonyl (C=O) groups is 2. The van der Waals surface area contributed by atoms with Crippen LogP contribution in [0.25, 0.3) is 0 Å². The molecule has 1 amide bonds. The lowest BCUT2D eigenvalue weighted by Crippen LogP contribution is -2.40. The van der Waals surface area contributed by atoms with Gasteiger partial charge in [0.15, 0.2) is 5.17 Å². The van der Waals surface area contributed by atoms with E-state index in [2.05, 4.69) is 4.99 Å². The molecule has 0 radical (unpaired) electrons. The molecule has 0 aliphatic carbocycles. The van der Waals surface area contributed by atoms with Crippen molar-refractivity contribution in [2.24, 2.45) is 4.99 Å². The van der Waals surface area contributed by atoms with Crippen molar-refractivity contribution in [3.8, 4) is 0 Å². The Bertz CT molecular complexity index is 864. The molecule has 2 heterocycles. The van der Waals surface area contributed by atoms with Crippen molar-refractivity contribution in [3.05, 3.63) is 51.2 Å². The van der Waals surface area contributed by atoms with Crippen molar-refractivity contribution in [1.29, 1.82) is 0 Å². The number of esters is 1. The number of ether oxygens (including phenoxy) is 1. The van der Waals surface area contributed by atoms with Crippen molar-refractivity contribution in [3.63, 3.8) is 0 Å². The Hall–Kier alpha value is -2.68. The fourth-order valence-electron chi connectivity index (χ4n) is 3.05. The average Bonchev–Trinajstić information content (AvgIpc) is 2.87. The van der Waals surface area contributed by atoms with Crippen LogP contribution in [-0.2, 0) is 14.3 Å². The number of nitrogens with zero attached hydrogens (tertiary/aromatic N) is 3. The summed E-state index contributed by atoms with van der Waals surface area (Å²) in [5.41, 5.74) is 0.640. The van der Waals surface area contributed by atoms with Crippen molar-refractivity contribution in [1.82, 2.24) is 4.90 Å². The summed E-state index contributed by atoms with van der Waals surface area (Å²) in [6.07, 6.45) is 0. The molecule has 2 atom stereocenters. The molecule has 9 heteroatoms. The van der Waals surface area contributed by atoms with Gasteiger partial charge >= 0.3 is 5.97 Å². The van der Waals surface area contributed by atoms with Gasteiger partial charge in [-0.05, 0) is 26.8 Å². The molecular formula is C17H17N3O5S. The molecule has 8 nitrogen and oxygen atoms in total. The number of thioether (sulfide) groups is 1. The smallest absolute Gasteiger partial charge is 0.338 e. The second kappa shape index (κ2) is 6.91. The van der Waals surface area contributed by atoms with Crippen LogP contribution in [0.5, 0.6) is 0 Å². The van der Waals surface area contributed by atoms with Crippen LogP contribution in [0.4, 0.5) is 5.69 Å². The van der Waals surface area contributed by atoms with Crippen LogP contribution in [0.15, 0.2) is 40.5 Å². The molecule has 0 unspecified atom stereocenters. The quantitative estimate of drug-likeness (QED) is 0.455. The highest BCUT2D eigenvalue weighted by molar-refractivity contribution is 8.15. The highest BCUT2D eigenvalue weighted by Gasteiger charge is 2.47. The van der Waals surface area contributed by atoms with Crippen molar-refractivity contribution in [2.45, 2.75) is 32.1 Å². The number of nitro benzene ring substituents is 1. The Balaban J connectivity index is 2.23. The SMILES string of the molecule is CCOC(=O)C1=C(C)N=C2S[C@@H](C)C(=O)N2[C@@H]1c1ccccc1[N+](=O)[O-]. The number of allylic oxidation sites excluding steroid dienone is 1. The zero-order chi connectivity index (χ0) is 19.0. The van der Waals surface area contributed by atoms with E-state index in [-0.39, 0.29) is 34.6 Å². The van der Waals surface area contributed by atoms with E-state index >= 15 is 0 Å². The number of benzene rings is 1. The van der Waals surface area contributed by atoms with E-state index in [9.17, 15) is 19.7 Å². The summed E-state index contributed by atoms with van der Waals surface area (Å²) in [5, 5.41) is 11.6. The van der Waals surface area contributed by atoms with Gasteiger partial charge in [0.1, 0.15) is 6.04 Å². The molecule has 0 saturated carbocycles. The molecule has 1 fully saturated rings. The standard InChI is InChI=1S/C17H17N3O5S/c1-4-25-16(22)13-9(2)18-17-19(15(21)10(3)26-17)14(13)11-7-5-6-8-12(11)20(23)24/h5-8,10,14H,4H2,1-3H3/t10-,14+/m0/s1. The van der Waals surface area contributed by atoms with Crippen LogP contribution in [0.3, 0.4) is 0 Å². The minimum Gasteiger partial charge on any atom is -0.463 e. The largest absolute Gasteiger partial charge is 0.463 e. The second-order valence-electron chi connectivity index (χ2n) is 5.80. The third-order valence-corrected chi connectivity index (χ3v) is 5.24. The lowest BCUT2D eigenvalue weighted by atomic mass is 9.93. The molecule has 0 aromatic heterocycles. The molecule has 2 aliphatic rings. The maximum absolute atomic E-state index is 12.7. The van der Waals surface area contributed by atoms with E-state index < -0.39 is 16.9 Å². The molecule has 1 aromatic carbocycles. The maximum Gasteiger partial charge on any atom is 0.338 e. The third kappa shape index (κ3) is 2.88. The van der Waals surface area contributed by atoms with E-state index in [0.717, 1.165) is 0 Å². The Kier molecular flexibility index (Phi) is 4.82. The fraction of sp³-hybridized carbons (Fsp3) is 0.353. The van der Waals surface area contributed by atoms with Gasteiger partial charge < -0.3 is 4.74 Å². The molecule has 0 spiro atoms. The average molecular weight is 375 g/mol. The van der Waals surface area contributed by atoms with E-state index in [1.807, 2.05) is 0 Å². The van der Waals surface area contributed by atoms with E-state index in [4.69, 9.17) is 4.74 Å². The van der Waals surface area contributed by atoms with Gasteiger partial charge in [-0.25, -0.2) is 9.79 Å². The zero-order valence-electron chi connectivity index (χ0n) is 14.5. The zero-order valence-corrected chi connectivity index (χ0v) is 15.3. The van der Waals surface area contributed by atoms with Gasteiger partial charge in [-0.3, -0.25) is 19.8 Å². The predicted octanol–water partition coefficient (Wildman–Crippen LogP) is 2.81. The number of hydrogen-bond acceptors (Lipinski definition) is 7. The molecule has 136 valence electrons. The highest BCUT2D eigenvalue weighted by atomic mass is 32.2. The number of para-hydroxylation sites is 1. The summed E-state index contributed by atoms with van der Waals surface area (Å²) in [5.74, 6) is -0.875. The number of hydrogen-bond donors (Lipinski definition) is 0. The van der Waals surface area contributed by atoms with E-state index in [0.29, 0.717) is 10.9 Å². The summed E-state index contributed by atoms with van der Waals surface area (Å²) in [7, 11) is 0.